The molecular formula is C13H24NPSi. The highest BCUT2D eigenvalue weighted by molar-refractivity contribution is 7.31. The topological polar surface area (TPSA) is 12.4 Å². The summed E-state index contributed by atoms with van der Waals surface area (Å²) in [6, 6.07) is 0. The van der Waals surface area contributed by atoms with Crippen LogP contribution in [0.2, 0.25) is 19.6 Å². The molecule has 4 bridgehead atoms. The van der Waals surface area contributed by atoms with Gasteiger partial charge in [0.05, 0.1) is 0 Å². The van der Waals surface area contributed by atoms with Gasteiger partial charge in [-0.2, -0.15) is 0 Å². The van der Waals surface area contributed by atoms with E-state index in [9.17, 15) is 0 Å². The van der Waals surface area contributed by atoms with E-state index in [0.29, 0.717) is 5.16 Å². The Morgan fingerprint density at radius 3 is 1.75 bits per heavy atom. The highest BCUT2D eigenvalue weighted by atomic mass is 31.1. The van der Waals surface area contributed by atoms with E-state index in [1.54, 1.807) is 19.3 Å². The molecule has 0 amide bonds. The Morgan fingerprint density at radius 1 is 0.938 bits per heavy atom. The molecule has 90 valence electrons. The molecular weight excluding hydrogens is 229 g/mol. The van der Waals surface area contributed by atoms with Gasteiger partial charge in [0.2, 0.25) is 0 Å². The molecule has 4 aliphatic carbocycles. The van der Waals surface area contributed by atoms with Crippen molar-refractivity contribution >= 4 is 16.6 Å². The van der Waals surface area contributed by atoms with Crippen LogP contribution in [0.5, 0.6) is 0 Å². The van der Waals surface area contributed by atoms with Crippen LogP contribution >= 0.6 is 8.37 Å². The summed E-state index contributed by atoms with van der Waals surface area (Å²) in [6.07, 6.45) is 9.20. The first-order chi connectivity index (χ1) is 7.44. The van der Waals surface area contributed by atoms with E-state index in [0.717, 1.165) is 17.8 Å². The minimum Gasteiger partial charge on any atom is -0.306 e. The summed E-state index contributed by atoms with van der Waals surface area (Å²) in [5, 5.41) is 0.648. The van der Waals surface area contributed by atoms with Crippen LogP contribution < -0.4 is 0 Å². The lowest BCUT2D eigenvalue weighted by atomic mass is 9.56. The van der Waals surface area contributed by atoms with Gasteiger partial charge in [0.25, 0.3) is 0 Å². The first-order valence-corrected chi connectivity index (χ1v) is 11.2. The van der Waals surface area contributed by atoms with Gasteiger partial charge in [0.1, 0.15) is 0 Å². The normalized spacial score (nSPS) is 46.8. The van der Waals surface area contributed by atoms with Crippen LogP contribution in [0.1, 0.15) is 38.5 Å². The summed E-state index contributed by atoms with van der Waals surface area (Å²) in [6.45, 7) is 7.13. The van der Waals surface area contributed by atoms with E-state index in [1.807, 2.05) is 0 Å². The van der Waals surface area contributed by atoms with Crippen molar-refractivity contribution in [3.05, 3.63) is 0 Å². The summed E-state index contributed by atoms with van der Waals surface area (Å²) < 4.78 is 5.06. The molecule has 1 nitrogen and oxygen atoms in total. The summed E-state index contributed by atoms with van der Waals surface area (Å²) in [5.74, 6) is 3.24. The van der Waals surface area contributed by atoms with Gasteiger partial charge < -0.3 is 4.41 Å². The summed E-state index contributed by atoms with van der Waals surface area (Å²) in [7, 11) is 0.289. The Hall–Kier alpha value is 0.317. The second-order valence-corrected chi connectivity index (χ2v) is 13.8. The molecule has 3 heteroatoms. The maximum absolute atomic E-state index is 5.06. The standard InChI is InChI=1S/C13H24NPSi/c1-16(2,3)14-15-13-7-10-4-11(8-13)6-12(5-10)9-13/h10-12H,4-9H2,1-3H3. The van der Waals surface area contributed by atoms with Gasteiger partial charge in [-0.05, 0) is 84.3 Å². The smallest absolute Gasteiger partial charge is 0.178 e. The third-order valence-corrected chi connectivity index (χ3v) is 8.34. The van der Waals surface area contributed by atoms with Crippen molar-refractivity contribution < 1.29 is 0 Å². The van der Waals surface area contributed by atoms with E-state index < -0.39 is 8.24 Å². The van der Waals surface area contributed by atoms with Gasteiger partial charge in [-0.25, -0.2) is 0 Å². The van der Waals surface area contributed by atoms with E-state index in [2.05, 4.69) is 19.6 Å². The number of hydrogen-bond acceptors (Lipinski definition) is 1. The minimum absolute atomic E-state index is 0.648. The molecule has 0 aromatic heterocycles. The van der Waals surface area contributed by atoms with Crippen LogP contribution in [0, 0.1) is 17.8 Å². The van der Waals surface area contributed by atoms with Crippen molar-refractivity contribution in [3.8, 4) is 0 Å². The van der Waals surface area contributed by atoms with Crippen molar-refractivity contribution in [2.75, 3.05) is 0 Å². The fraction of sp³-hybridized carbons (Fsp3) is 1.00. The fourth-order valence-electron chi connectivity index (χ4n) is 4.44. The lowest BCUT2D eigenvalue weighted by Crippen LogP contribution is -2.47. The Bertz CT molecular complexity index is 283. The highest BCUT2D eigenvalue weighted by Crippen LogP contribution is 2.61. The van der Waals surface area contributed by atoms with Crippen LogP contribution in [0.15, 0.2) is 4.41 Å². The van der Waals surface area contributed by atoms with Crippen LogP contribution in [0.25, 0.3) is 0 Å². The van der Waals surface area contributed by atoms with Gasteiger partial charge in [0, 0.05) is 5.16 Å². The maximum atomic E-state index is 5.06. The first-order valence-electron chi connectivity index (χ1n) is 6.88. The molecule has 16 heavy (non-hydrogen) atoms. The molecule has 4 fully saturated rings. The van der Waals surface area contributed by atoms with Crippen LogP contribution in [0.4, 0.5) is 0 Å². The molecule has 4 rings (SSSR count). The van der Waals surface area contributed by atoms with Crippen molar-refractivity contribution in [1.82, 2.24) is 0 Å². The van der Waals surface area contributed by atoms with Crippen molar-refractivity contribution in [2.24, 2.45) is 22.2 Å². The number of hydrogen-bond donors (Lipinski definition) is 0. The van der Waals surface area contributed by atoms with Crippen molar-refractivity contribution in [1.29, 1.82) is 0 Å². The quantitative estimate of drug-likeness (QED) is 0.489. The lowest BCUT2D eigenvalue weighted by molar-refractivity contribution is 0.0373. The van der Waals surface area contributed by atoms with Crippen LogP contribution in [-0.4, -0.2) is 13.4 Å². The predicted octanol–water partition coefficient (Wildman–Crippen LogP) is 4.92. The van der Waals surface area contributed by atoms with Crippen molar-refractivity contribution in [3.63, 3.8) is 0 Å². The Balaban J connectivity index is 1.81. The van der Waals surface area contributed by atoms with E-state index >= 15 is 0 Å². The molecule has 0 atom stereocenters. The third-order valence-electron chi connectivity index (χ3n) is 4.57. The zero-order valence-corrected chi connectivity index (χ0v) is 12.8. The second kappa shape index (κ2) is 3.65. The monoisotopic (exact) mass is 253 g/mol. The zero-order chi connectivity index (χ0) is 11.4. The molecule has 0 aliphatic heterocycles. The maximum Gasteiger partial charge on any atom is 0.178 e. The van der Waals surface area contributed by atoms with Gasteiger partial charge in [-0.1, -0.05) is 0 Å². The van der Waals surface area contributed by atoms with E-state index in [1.165, 1.54) is 27.6 Å². The third kappa shape index (κ3) is 2.16. The second-order valence-electron chi connectivity index (χ2n) is 7.51. The largest absolute Gasteiger partial charge is 0.306 e. The van der Waals surface area contributed by atoms with Gasteiger partial charge in [-0.15, -0.1) is 0 Å². The molecule has 0 aromatic rings. The average molecular weight is 253 g/mol. The number of rotatable bonds is 2. The minimum atomic E-state index is -1.20. The van der Waals surface area contributed by atoms with Gasteiger partial charge in [-0.3, -0.25) is 0 Å². The molecule has 0 aromatic carbocycles. The van der Waals surface area contributed by atoms with E-state index in [4.69, 9.17) is 4.41 Å². The van der Waals surface area contributed by atoms with Gasteiger partial charge in [0.15, 0.2) is 8.24 Å². The first kappa shape index (κ1) is 11.4. The average Bonchev–Trinajstić information content (AvgIpc) is 2.11. The number of nitrogens with zero attached hydrogens (tertiary/aromatic N) is 1. The SMILES string of the molecule is C[Si](C)(C)N=PC12CC3CC(CC(C3)C1)C2. The molecule has 0 saturated heterocycles. The van der Waals surface area contributed by atoms with Gasteiger partial charge >= 0.3 is 0 Å². The summed E-state index contributed by atoms with van der Waals surface area (Å²) >= 11 is 0. The summed E-state index contributed by atoms with van der Waals surface area (Å²) in [5.41, 5.74) is 0. The van der Waals surface area contributed by atoms with Crippen LogP contribution in [-0.2, 0) is 0 Å². The zero-order valence-electron chi connectivity index (χ0n) is 10.9. The van der Waals surface area contributed by atoms with Crippen molar-refractivity contribution in [2.45, 2.75) is 63.3 Å². The molecule has 4 saturated carbocycles. The molecule has 0 radical (unpaired) electrons. The van der Waals surface area contributed by atoms with E-state index in [-0.39, 0.29) is 0 Å². The highest BCUT2D eigenvalue weighted by Gasteiger charge is 2.50. The molecule has 4 aliphatic rings. The fourth-order valence-corrected chi connectivity index (χ4v) is 7.51. The van der Waals surface area contributed by atoms with Crippen LogP contribution in [0.3, 0.4) is 0 Å². The Morgan fingerprint density at radius 2 is 1.38 bits per heavy atom. The Kier molecular flexibility index (Phi) is 2.60. The predicted molar refractivity (Wildman–Crippen MR) is 73.6 cm³/mol. The molecule has 0 spiro atoms. The molecule has 0 N–H and O–H groups in total. The summed E-state index contributed by atoms with van der Waals surface area (Å²) in [4.78, 5) is 0. The molecule has 0 unspecified atom stereocenters. The lowest BCUT2D eigenvalue weighted by Gasteiger charge is -2.55. The Labute approximate surface area is 102 Å². The molecule has 0 heterocycles.